The monoisotopic (exact) mass is 343 g/mol. The molecule has 0 aliphatic heterocycles. The van der Waals surface area contributed by atoms with Gasteiger partial charge in [0, 0.05) is 10.6 Å². The Hall–Kier alpha value is -1.47. The number of ether oxygens (including phenoxy) is 1. The Morgan fingerprint density at radius 3 is 2.57 bits per heavy atom. The van der Waals surface area contributed by atoms with Crippen molar-refractivity contribution in [1.82, 2.24) is 0 Å². The van der Waals surface area contributed by atoms with Crippen LogP contribution >= 0.6 is 34.8 Å². The zero-order valence-electron chi connectivity index (χ0n) is 10.7. The molecule has 0 spiro atoms. The number of benzene rings is 2. The van der Waals surface area contributed by atoms with E-state index < -0.39 is 5.82 Å². The summed E-state index contributed by atoms with van der Waals surface area (Å²) in [6.07, 6.45) is 0. The van der Waals surface area contributed by atoms with Crippen LogP contribution in [0, 0.1) is 17.1 Å². The summed E-state index contributed by atoms with van der Waals surface area (Å²) in [5.41, 5.74) is 1.40. The van der Waals surface area contributed by atoms with Crippen LogP contribution in [0.1, 0.15) is 16.7 Å². The quantitative estimate of drug-likeness (QED) is 0.703. The second-order valence-electron chi connectivity index (χ2n) is 4.26. The molecule has 0 saturated heterocycles. The van der Waals surface area contributed by atoms with E-state index in [9.17, 15) is 4.39 Å². The van der Waals surface area contributed by atoms with Gasteiger partial charge in [-0.05, 0) is 35.9 Å². The van der Waals surface area contributed by atoms with Crippen LogP contribution in [0.5, 0.6) is 5.75 Å². The van der Waals surface area contributed by atoms with Gasteiger partial charge in [-0.1, -0.05) is 23.2 Å². The fourth-order valence-corrected chi connectivity index (χ4v) is 2.62. The minimum Gasteiger partial charge on any atom is -0.487 e. The first-order valence-corrected chi connectivity index (χ1v) is 7.18. The van der Waals surface area contributed by atoms with E-state index in [1.807, 2.05) is 6.07 Å². The highest BCUT2D eigenvalue weighted by Gasteiger charge is 2.11. The Balaban J connectivity index is 2.25. The Kier molecular flexibility index (Phi) is 5.30. The first-order chi connectivity index (χ1) is 10.0. The molecule has 2 nitrogen and oxygen atoms in total. The summed E-state index contributed by atoms with van der Waals surface area (Å²) < 4.78 is 19.0. The Morgan fingerprint density at radius 2 is 1.90 bits per heavy atom. The minimum absolute atomic E-state index is 0.0671. The third-order valence-electron chi connectivity index (χ3n) is 2.70. The lowest BCUT2D eigenvalue weighted by molar-refractivity contribution is 0.303. The maximum atomic E-state index is 13.3. The van der Waals surface area contributed by atoms with Crippen molar-refractivity contribution in [3.63, 3.8) is 0 Å². The Bertz CT molecular complexity index is 713. The number of nitriles is 1. The molecule has 0 radical (unpaired) electrons. The molecule has 0 unspecified atom stereocenters. The van der Waals surface area contributed by atoms with Crippen LogP contribution in [0.4, 0.5) is 4.39 Å². The first-order valence-electron chi connectivity index (χ1n) is 5.89. The molecule has 0 N–H and O–H groups in total. The molecule has 0 fully saturated rings. The van der Waals surface area contributed by atoms with Crippen molar-refractivity contribution in [3.8, 4) is 11.8 Å². The summed E-state index contributed by atoms with van der Waals surface area (Å²) in [4.78, 5) is 0. The predicted molar refractivity (Wildman–Crippen MR) is 81.5 cm³/mol. The summed E-state index contributed by atoms with van der Waals surface area (Å²) in [7, 11) is 0. The molecule has 6 heteroatoms. The second-order valence-corrected chi connectivity index (χ2v) is 5.37. The zero-order valence-corrected chi connectivity index (χ0v) is 12.9. The molecule has 0 aliphatic carbocycles. The molecule has 2 aromatic carbocycles. The highest BCUT2D eigenvalue weighted by atomic mass is 35.5. The van der Waals surface area contributed by atoms with Crippen molar-refractivity contribution in [1.29, 1.82) is 5.26 Å². The highest BCUT2D eigenvalue weighted by molar-refractivity contribution is 6.36. The van der Waals surface area contributed by atoms with E-state index in [2.05, 4.69) is 0 Å². The van der Waals surface area contributed by atoms with Crippen LogP contribution in [0.3, 0.4) is 0 Å². The summed E-state index contributed by atoms with van der Waals surface area (Å²) in [5, 5.41) is 9.61. The molecule has 108 valence electrons. The van der Waals surface area contributed by atoms with Gasteiger partial charge in [-0.25, -0.2) is 4.39 Å². The maximum absolute atomic E-state index is 13.3. The van der Waals surface area contributed by atoms with E-state index in [1.54, 1.807) is 18.2 Å². The van der Waals surface area contributed by atoms with Crippen LogP contribution in [0.25, 0.3) is 0 Å². The molecule has 0 saturated carbocycles. The van der Waals surface area contributed by atoms with Crippen LogP contribution in [0.2, 0.25) is 10.0 Å². The summed E-state index contributed by atoms with van der Waals surface area (Å²) in [6.45, 7) is 0.0671. The number of halogens is 4. The third-order valence-corrected chi connectivity index (χ3v) is 3.49. The number of hydrogen-bond acceptors (Lipinski definition) is 2. The predicted octanol–water partition coefficient (Wildman–Crippen LogP) is 5.32. The fraction of sp³-hybridized carbons (Fsp3) is 0.133. The maximum Gasteiger partial charge on any atom is 0.142 e. The molecule has 0 aliphatic rings. The zero-order chi connectivity index (χ0) is 15.4. The normalized spacial score (nSPS) is 10.2. The van der Waals surface area contributed by atoms with Crippen molar-refractivity contribution >= 4 is 34.8 Å². The lowest BCUT2D eigenvalue weighted by Crippen LogP contribution is -2.00. The van der Waals surface area contributed by atoms with Gasteiger partial charge < -0.3 is 4.74 Å². The van der Waals surface area contributed by atoms with E-state index in [4.69, 9.17) is 44.8 Å². The third kappa shape index (κ3) is 4.01. The van der Waals surface area contributed by atoms with Crippen molar-refractivity contribution < 1.29 is 9.13 Å². The van der Waals surface area contributed by atoms with E-state index in [-0.39, 0.29) is 18.1 Å². The average Bonchev–Trinajstić information content (AvgIpc) is 2.44. The molecular weight excluding hydrogens is 336 g/mol. The highest BCUT2D eigenvalue weighted by Crippen LogP contribution is 2.34. The SMILES string of the molecule is N#Cc1cc(F)cc(COc2c(Cl)cc(Cl)cc2CCl)c1. The lowest BCUT2D eigenvalue weighted by atomic mass is 10.1. The van der Waals surface area contributed by atoms with Gasteiger partial charge in [-0.2, -0.15) is 5.26 Å². The number of rotatable bonds is 4. The first kappa shape index (κ1) is 15.9. The number of hydrogen-bond donors (Lipinski definition) is 0. The van der Waals surface area contributed by atoms with E-state index >= 15 is 0 Å². The molecular formula is C15H9Cl3FNO. The van der Waals surface area contributed by atoms with Gasteiger partial charge in [0.15, 0.2) is 0 Å². The van der Waals surface area contributed by atoms with Gasteiger partial charge in [-0.15, -0.1) is 11.6 Å². The van der Waals surface area contributed by atoms with Gasteiger partial charge in [0.05, 0.1) is 22.5 Å². The standard InChI is InChI=1S/C15H9Cl3FNO/c16-6-11-4-12(17)5-14(18)15(11)21-8-10-1-9(7-20)2-13(19)3-10/h1-5H,6,8H2. The van der Waals surface area contributed by atoms with Crippen molar-refractivity contribution in [2.24, 2.45) is 0 Å². The Morgan fingerprint density at radius 1 is 1.14 bits per heavy atom. The van der Waals surface area contributed by atoms with Crippen molar-refractivity contribution in [3.05, 3.63) is 62.9 Å². The van der Waals surface area contributed by atoms with E-state index in [0.29, 0.717) is 26.9 Å². The van der Waals surface area contributed by atoms with Crippen molar-refractivity contribution in [2.45, 2.75) is 12.5 Å². The molecule has 2 rings (SSSR count). The molecule has 0 atom stereocenters. The Labute approximate surface area is 136 Å². The van der Waals surface area contributed by atoms with E-state index in [0.717, 1.165) is 6.07 Å². The molecule has 21 heavy (non-hydrogen) atoms. The van der Waals surface area contributed by atoms with Crippen LogP contribution < -0.4 is 4.74 Å². The summed E-state index contributed by atoms with van der Waals surface area (Å²) >= 11 is 17.8. The lowest BCUT2D eigenvalue weighted by Gasteiger charge is -2.12. The summed E-state index contributed by atoms with van der Waals surface area (Å²) in [6, 6.07) is 9.09. The topological polar surface area (TPSA) is 33.0 Å². The fourth-order valence-electron chi connectivity index (χ4n) is 1.83. The van der Waals surface area contributed by atoms with Gasteiger partial charge in [-0.3, -0.25) is 0 Å². The van der Waals surface area contributed by atoms with Crippen LogP contribution in [0.15, 0.2) is 30.3 Å². The molecule has 0 aromatic heterocycles. The molecule has 0 amide bonds. The van der Waals surface area contributed by atoms with Crippen molar-refractivity contribution in [2.75, 3.05) is 0 Å². The largest absolute Gasteiger partial charge is 0.487 e. The van der Waals surface area contributed by atoms with Gasteiger partial charge in [0.2, 0.25) is 0 Å². The van der Waals surface area contributed by atoms with Crippen LogP contribution in [-0.2, 0) is 12.5 Å². The van der Waals surface area contributed by atoms with Crippen LogP contribution in [-0.4, -0.2) is 0 Å². The summed E-state index contributed by atoms with van der Waals surface area (Å²) in [5.74, 6) is 0.0913. The van der Waals surface area contributed by atoms with Gasteiger partial charge in [0.1, 0.15) is 18.2 Å². The van der Waals surface area contributed by atoms with Gasteiger partial charge in [0.25, 0.3) is 0 Å². The number of alkyl halides is 1. The smallest absolute Gasteiger partial charge is 0.142 e. The second kappa shape index (κ2) is 7.00. The number of nitrogens with zero attached hydrogens (tertiary/aromatic N) is 1. The minimum atomic E-state index is -0.493. The van der Waals surface area contributed by atoms with Gasteiger partial charge >= 0.3 is 0 Å². The average molecular weight is 345 g/mol. The molecule has 0 bridgehead atoms. The van der Waals surface area contributed by atoms with E-state index in [1.165, 1.54) is 6.07 Å². The molecule has 0 heterocycles. The molecule has 2 aromatic rings.